The molecule has 0 saturated heterocycles. The smallest absolute Gasteiger partial charge is 0.369 e. The van der Waals surface area contributed by atoms with Gasteiger partial charge in [-0.25, -0.2) is 4.98 Å². The summed E-state index contributed by atoms with van der Waals surface area (Å²) >= 11 is 0. The van der Waals surface area contributed by atoms with Crippen molar-refractivity contribution in [2.45, 2.75) is 32.4 Å². The van der Waals surface area contributed by atoms with Gasteiger partial charge < -0.3 is 10.6 Å². The molecule has 0 aliphatic heterocycles. The Labute approximate surface area is 115 Å². The Hall–Kier alpha value is -1.86. The van der Waals surface area contributed by atoms with E-state index in [4.69, 9.17) is 0 Å². The Kier molecular flexibility index (Phi) is 6.20. The number of carbonyl (C=O) groups excluding carboxylic acids is 1. The highest BCUT2D eigenvalue weighted by Gasteiger charge is 2.25. The van der Waals surface area contributed by atoms with E-state index in [1.807, 2.05) is 6.92 Å². The summed E-state index contributed by atoms with van der Waals surface area (Å²) in [7, 11) is 0. The minimum absolute atomic E-state index is 0.00706. The van der Waals surface area contributed by atoms with E-state index in [9.17, 15) is 18.0 Å². The number of hydrogen-bond donors (Lipinski definition) is 2. The first-order valence-corrected chi connectivity index (χ1v) is 6.33. The molecule has 0 aliphatic rings. The molecule has 20 heavy (non-hydrogen) atoms. The van der Waals surface area contributed by atoms with Crippen molar-refractivity contribution in [1.82, 2.24) is 15.3 Å². The maximum Gasteiger partial charge on any atom is 0.389 e. The molecule has 0 spiro atoms. The van der Waals surface area contributed by atoms with Crippen LogP contribution < -0.4 is 10.6 Å². The third-order valence-corrected chi connectivity index (χ3v) is 2.40. The van der Waals surface area contributed by atoms with Crippen LogP contribution >= 0.6 is 0 Å². The molecule has 5 nitrogen and oxygen atoms in total. The summed E-state index contributed by atoms with van der Waals surface area (Å²) in [4.78, 5) is 19.6. The Balaban J connectivity index is 2.34. The molecule has 1 heterocycles. The van der Waals surface area contributed by atoms with E-state index in [-0.39, 0.29) is 25.1 Å². The molecule has 8 heteroatoms. The SMILES string of the molecule is CCNc1cncc(C(=O)NCCCCC(F)(F)F)n1. The molecule has 0 aliphatic carbocycles. The number of rotatable bonds is 7. The Morgan fingerprint density at radius 3 is 2.70 bits per heavy atom. The first-order valence-electron chi connectivity index (χ1n) is 6.33. The van der Waals surface area contributed by atoms with Gasteiger partial charge in [0.15, 0.2) is 0 Å². The van der Waals surface area contributed by atoms with Gasteiger partial charge in [-0.3, -0.25) is 9.78 Å². The van der Waals surface area contributed by atoms with E-state index < -0.39 is 18.5 Å². The molecule has 1 rings (SSSR count). The highest BCUT2D eigenvalue weighted by atomic mass is 19.4. The molecule has 1 aromatic rings. The van der Waals surface area contributed by atoms with Gasteiger partial charge in [-0.2, -0.15) is 13.2 Å². The normalized spacial score (nSPS) is 11.2. The summed E-state index contributed by atoms with van der Waals surface area (Å²) in [5.41, 5.74) is 0.138. The van der Waals surface area contributed by atoms with Crippen molar-refractivity contribution in [1.29, 1.82) is 0 Å². The van der Waals surface area contributed by atoms with E-state index in [1.165, 1.54) is 12.4 Å². The van der Waals surface area contributed by atoms with Gasteiger partial charge >= 0.3 is 6.18 Å². The van der Waals surface area contributed by atoms with Crippen molar-refractivity contribution in [2.75, 3.05) is 18.4 Å². The van der Waals surface area contributed by atoms with Crippen LogP contribution in [0.15, 0.2) is 12.4 Å². The average molecular weight is 290 g/mol. The molecule has 0 bridgehead atoms. The van der Waals surface area contributed by atoms with Crippen LogP contribution in [-0.4, -0.2) is 35.1 Å². The highest BCUT2D eigenvalue weighted by molar-refractivity contribution is 5.92. The van der Waals surface area contributed by atoms with Crippen LogP contribution in [0.1, 0.15) is 36.7 Å². The minimum Gasteiger partial charge on any atom is -0.369 e. The van der Waals surface area contributed by atoms with Crippen molar-refractivity contribution < 1.29 is 18.0 Å². The standard InChI is InChI=1S/C12H17F3N4O/c1-2-17-10-8-16-7-9(19-10)11(20)18-6-4-3-5-12(13,14)15/h7-8H,2-6H2,1H3,(H,17,19)(H,18,20). The molecule has 0 saturated carbocycles. The Morgan fingerprint density at radius 2 is 2.05 bits per heavy atom. The Bertz CT molecular complexity index is 437. The monoisotopic (exact) mass is 290 g/mol. The average Bonchev–Trinajstić information content (AvgIpc) is 2.37. The van der Waals surface area contributed by atoms with Crippen LogP contribution in [0, 0.1) is 0 Å². The number of alkyl halides is 3. The Morgan fingerprint density at radius 1 is 1.30 bits per heavy atom. The zero-order valence-corrected chi connectivity index (χ0v) is 11.1. The first kappa shape index (κ1) is 16.2. The minimum atomic E-state index is -4.14. The lowest BCUT2D eigenvalue weighted by Gasteiger charge is -2.07. The second-order valence-corrected chi connectivity index (χ2v) is 4.15. The number of aromatic nitrogens is 2. The number of unbranched alkanes of at least 4 members (excludes halogenated alkanes) is 1. The molecule has 1 aromatic heterocycles. The summed E-state index contributed by atoms with van der Waals surface area (Å²) in [6.45, 7) is 2.72. The molecule has 2 N–H and O–H groups in total. The van der Waals surface area contributed by atoms with Crippen molar-refractivity contribution in [2.24, 2.45) is 0 Å². The molecular weight excluding hydrogens is 273 g/mol. The topological polar surface area (TPSA) is 66.9 Å². The van der Waals surface area contributed by atoms with Crippen LogP contribution in [0.5, 0.6) is 0 Å². The number of amides is 1. The molecular formula is C12H17F3N4O. The van der Waals surface area contributed by atoms with Crippen molar-refractivity contribution >= 4 is 11.7 Å². The van der Waals surface area contributed by atoms with Gasteiger partial charge in [0.05, 0.1) is 12.4 Å². The fraction of sp³-hybridized carbons (Fsp3) is 0.583. The van der Waals surface area contributed by atoms with Crippen LogP contribution in [-0.2, 0) is 0 Å². The van der Waals surface area contributed by atoms with Crippen molar-refractivity contribution in [3.8, 4) is 0 Å². The van der Waals surface area contributed by atoms with Crippen LogP contribution in [0.4, 0.5) is 19.0 Å². The highest BCUT2D eigenvalue weighted by Crippen LogP contribution is 2.21. The lowest BCUT2D eigenvalue weighted by Crippen LogP contribution is -2.26. The largest absolute Gasteiger partial charge is 0.389 e. The third-order valence-electron chi connectivity index (χ3n) is 2.40. The number of halogens is 3. The van der Waals surface area contributed by atoms with Crippen molar-refractivity contribution in [3.63, 3.8) is 0 Å². The van der Waals surface area contributed by atoms with Crippen molar-refractivity contribution in [3.05, 3.63) is 18.1 Å². The summed E-state index contributed by atoms with van der Waals surface area (Å²) < 4.78 is 35.7. The van der Waals surface area contributed by atoms with Gasteiger partial charge in [-0.05, 0) is 19.8 Å². The fourth-order valence-corrected chi connectivity index (χ4v) is 1.48. The zero-order chi connectivity index (χ0) is 15.0. The van der Waals surface area contributed by atoms with E-state index in [0.29, 0.717) is 12.4 Å². The summed E-state index contributed by atoms with van der Waals surface area (Å²) in [6.07, 6.45) is -1.91. The van der Waals surface area contributed by atoms with Gasteiger partial charge in [0.1, 0.15) is 11.5 Å². The molecule has 0 unspecified atom stereocenters. The molecule has 0 fully saturated rings. The predicted molar refractivity (Wildman–Crippen MR) is 68.4 cm³/mol. The summed E-state index contributed by atoms with van der Waals surface area (Å²) in [5.74, 6) is 0.0430. The first-order chi connectivity index (χ1) is 9.42. The molecule has 0 aromatic carbocycles. The lowest BCUT2D eigenvalue weighted by molar-refractivity contribution is -0.135. The third kappa shape index (κ3) is 6.35. The van der Waals surface area contributed by atoms with Gasteiger partial charge in [-0.1, -0.05) is 0 Å². The van der Waals surface area contributed by atoms with E-state index in [2.05, 4.69) is 20.6 Å². The summed E-state index contributed by atoms with van der Waals surface area (Å²) in [5, 5.41) is 5.44. The maximum atomic E-state index is 11.9. The molecule has 0 atom stereocenters. The molecule has 112 valence electrons. The summed E-state index contributed by atoms with van der Waals surface area (Å²) in [6, 6.07) is 0. The van der Waals surface area contributed by atoms with Gasteiger partial charge in [0.2, 0.25) is 0 Å². The van der Waals surface area contributed by atoms with E-state index >= 15 is 0 Å². The number of carbonyl (C=O) groups is 1. The number of nitrogens with zero attached hydrogens (tertiary/aromatic N) is 2. The van der Waals surface area contributed by atoms with Crippen LogP contribution in [0.2, 0.25) is 0 Å². The lowest BCUT2D eigenvalue weighted by atomic mass is 10.2. The second kappa shape index (κ2) is 7.66. The number of anilines is 1. The predicted octanol–water partition coefficient (Wildman–Crippen LogP) is 2.37. The number of hydrogen-bond acceptors (Lipinski definition) is 4. The molecule has 0 radical (unpaired) electrons. The zero-order valence-electron chi connectivity index (χ0n) is 11.1. The van der Waals surface area contributed by atoms with E-state index in [1.54, 1.807) is 0 Å². The van der Waals surface area contributed by atoms with Gasteiger partial charge in [-0.15, -0.1) is 0 Å². The van der Waals surface area contributed by atoms with E-state index in [0.717, 1.165) is 0 Å². The van der Waals surface area contributed by atoms with Crippen LogP contribution in [0.25, 0.3) is 0 Å². The fourth-order valence-electron chi connectivity index (χ4n) is 1.48. The van der Waals surface area contributed by atoms with Gasteiger partial charge in [0, 0.05) is 19.5 Å². The second-order valence-electron chi connectivity index (χ2n) is 4.15. The van der Waals surface area contributed by atoms with Gasteiger partial charge in [0.25, 0.3) is 5.91 Å². The maximum absolute atomic E-state index is 11.9. The molecule has 1 amide bonds. The quantitative estimate of drug-likeness (QED) is 0.757. The number of nitrogens with one attached hydrogen (secondary N) is 2. The van der Waals surface area contributed by atoms with Crippen LogP contribution in [0.3, 0.4) is 0 Å².